The van der Waals surface area contributed by atoms with E-state index in [1.807, 2.05) is 24.3 Å². The number of ether oxygens (including phenoxy) is 1. The number of nitrogens with one attached hydrogen (secondary N) is 2. The Balaban J connectivity index is 1.60. The van der Waals surface area contributed by atoms with Gasteiger partial charge in [-0.25, -0.2) is 8.42 Å². The van der Waals surface area contributed by atoms with Crippen molar-refractivity contribution >= 4 is 27.4 Å². The summed E-state index contributed by atoms with van der Waals surface area (Å²) < 4.78 is 37.8. The number of hydrogen-bond acceptors (Lipinski definition) is 6. The highest BCUT2D eigenvalue weighted by Gasteiger charge is 2.19. The molecule has 8 nitrogen and oxygen atoms in total. The Morgan fingerprint density at radius 3 is 2.22 bits per heavy atom. The van der Waals surface area contributed by atoms with Crippen LogP contribution >= 0.6 is 0 Å². The maximum atomic E-state index is 12.5. The largest absolute Gasteiger partial charge is 0.481 e. The summed E-state index contributed by atoms with van der Waals surface area (Å²) >= 11 is 0. The number of hydrogen-bond donors (Lipinski definition) is 2. The van der Waals surface area contributed by atoms with Gasteiger partial charge in [-0.3, -0.25) is 9.52 Å². The number of anilines is 2. The summed E-state index contributed by atoms with van der Waals surface area (Å²) in [6.45, 7) is 9.69. The molecule has 0 fully saturated rings. The Morgan fingerprint density at radius 2 is 1.69 bits per heavy atom. The molecule has 0 aliphatic heterocycles. The Bertz CT molecular complexity index is 1180. The second-order valence-corrected chi connectivity index (χ2v) is 10.2. The molecule has 170 valence electrons. The van der Waals surface area contributed by atoms with Crippen molar-refractivity contribution in [3.63, 3.8) is 0 Å². The van der Waals surface area contributed by atoms with E-state index in [0.717, 1.165) is 0 Å². The lowest BCUT2D eigenvalue weighted by molar-refractivity contribution is -0.122. The maximum Gasteiger partial charge on any atom is 0.265 e. The second kappa shape index (κ2) is 9.04. The first-order valence-corrected chi connectivity index (χ1v) is 11.6. The van der Waals surface area contributed by atoms with E-state index in [1.165, 1.54) is 35.9 Å². The van der Waals surface area contributed by atoms with Gasteiger partial charge in [0, 0.05) is 11.8 Å². The molecule has 0 bridgehead atoms. The van der Waals surface area contributed by atoms with Crippen LogP contribution < -0.4 is 14.8 Å². The zero-order chi connectivity index (χ0) is 23.5. The summed E-state index contributed by atoms with van der Waals surface area (Å²) in [5, 5.41) is 6.34. The quantitative estimate of drug-likeness (QED) is 0.541. The average molecular weight is 458 g/mol. The van der Waals surface area contributed by atoms with Gasteiger partial charge >= 0.3 is 0 Å². The van der Waals surface area contributed by atoms with E-state index >= 15 is 0 Å². The van der Waals surface area contributed by atoms with Crippen LogP contribution in [0.1, 0.15) is 39.0 Å². The van der Waals surface area contributed by atoms with Crippen molar-refractivity contribution in [2.75, 3.05) is 10.0 Å². The number of rotatable bonds is 7. The number of sulfonamides is 1. The normalized spacial score (nSPS) is 12.8. The summed E-state index contributed by atoms with van der Waals surface area (Å²) in [6, 6.07) is 14.9. The van der Waals surface area contributed by atoms with Crippen molar-refractivity contribution in [3.8, 4) is 5.75 Å². The van der Waals surface area contributed by atoms with Crippen molar-refractivity contribution in [1.82, 2.24) is 5.16 Å². The molecule has 0 aliphatic carbocycles. The van der Waals surface area contributed by atoms with Crippen LogP contribution in [-0.4, -0.2) is 25.6 Å². The minimum atomic E-state index is -3.83. The van der Waals surface area contributed by atoms with Crippen LogP contribution in [0.4, 0.5) is 11.5 Å². The van der Waals surface area contributed by atoms with Gasteiger partial charge < -0.3 is 14.6 Å². The van der Waals surface area contributed by atoms with Crippen LogP contribution in [0, 0.1) is 6.92 Å². The highest BCUT2D eigenvalue weighted by Crippen LogP contribution is 2.25. The molecule has 1 amide bonds. The van der Waals surface area contributed by atoms with Gasteiger partial charge in [-0.15, -0.1) is 0 Å². The highest BCUT2D eigenvalue weighted by molar-refractivity contribution is 7.92. The number of aromatic nitrogens is 1. The molecule has 0 saturated heterocycles. The van der Waals surface area contributed by atoms with E-state index in [1.54, 1.807) is 13.8 Å². The molecule has 1 heterocycles. The smallest absolute Gasteiger partial charge is 0.265 e. The molecule has 2 aromatic carbocycles. The molecule has 1 atom stereocenters. The summed E-state index contributed by atoms with van der Waals surface area (Å²) in [5.41, 5.74) is 1.65. The van der Waals surface area contributed by atoms with Crippen LogP contribution in [0.3, 0.4) is 0 Å². The molecule has 32 heavy (non-hydrogen) atoms. The summed E-state index contributed by atoms with van der Waals surface area (Å²) in [4.78, 5) is 12.5. The van der Waals surface area contributed by atoms with Crippen LogP contribution in [0.5, 0.6) is 5.75 Å². The van der Waals surface area contributed by atoms with Gasteiger partial charge in [0.15, 0.2) is 11.9 Å². The topological polar surface area (TPSA) is 111 Å². The third kappa shape index (κ3) is 5.88. The standard InChI is InChI=1S/C23H27N3O5S/c1-15-14-21(25-31-15)26-32(28,29)20-12-8-18(9-13-20)24-22(27)16(2)30-19-10-6-17(7-11-19)23(3,4)5/h6-14,16H,1-5H3,(H,24,27)(H,25,26). The van der Waals surface area contributed by atoms with Gasteiger partial charge in [0.05, 0.1) is 4.90 Å². The molecular formula is C23H27N3O5S. The number of aryl methyl sites for hydroxylation is 1. The number of carbonyl (C=O) groups is 1. The van der Waals surface area contributed by atoms with Gasteiger partial charge in [-0.05, 0) is 61.2 Å². The number of amides is 1. The van der Waals surface area contributed by atoms with Crippen molar-refractivity contribution in [2.24, 2.45) is 0 Å². The van der Waals surface area contributed by atoms with E-state index in [-0.39, 0.29) is 22.0 Å². The minimum Gasteiger partial charge on any atom is -0.481 e. The lowest BCUT2D eigenvalue weighted by Crippen LogP contribution is -2.30. The fraction of sp³-hybridized carbons (Fsp3) is 0.304. The molecule has 3 aromatic rings. The number of benzene rings is 2. The molecular weight excluding hydrogens is 430 g/mol. The molecule has 1 unspecified atom stereocenters. The lowest BCUT2D eigenvalue weighted by atomic mass is 9.87. The summed E-state index contributed by atoms with van der Waals surface area (Å²) in [5.74, 6) is 0.830. The monoisotopic (exact) mass is 457 g/mol. The lowest BCUT2D eigenvalue weighted by Gasteiger charge is -2.20. The zero-order valence-corrected chi connectivity index (χ0v) is 19.5. The fourth-order valence-corrected chi connectivity index (χ4v) is 3.85. The molecule has 3 rings (SSSR count). The molecule has 0 aliphatic rings. The van der Waals surface area contributed by atoms with Crippen LogP contribution in [-0.2, 0) is 20.2 Å². The zero-order valence-electron chi connectivity index (χ0n) is 18.7. The Labute approximate surface area is 188 Å². The first-order chi connectivity index (χ1) is 14.9. The van der Waals surface area contributed by atoms with E-state index in [0.29, 0.717) is 17.2 Å². The molecule has 0 spiro atoms. The van der Waals surface area contributed by atoms with Gasteiger partial charge in [0.1, 0.15) is 11.5 Å². The van der Waals surface area contributed by atoms with Crippen LogP contribution in [0.2, 0.25) is 0 Å². The maximum absolute atomic E-state index is 12.5. The SMILES string of the molecule is Cc1cc(NS(=O)(=O)c2ccc(NC(=O)C(C)Oc3ccc(C(C)(C)C)cc3)cc2)no1. The first-order valence-electron chi connectivity index (χ1n) is 10.1. The molecule has 0 saturated carbocycles. The molecule has 0 radical (unpaired) electrons. The van der Waals surface area contributed by atoms with Gasteiger partial charge in [0.2, 0.25) is 0 Å². The highest BCUT2D eigenvalue weighted by atomic mass is 32.2. The number of nitrogens with zero attached hydrogens (tertiary/aromatic N) is 1. The summed E-state index contributed by atoms with van der Waals surface area (Å²) in [6.07, 6.45) is -0.740. The van der Waals surface area contributed by atoms with E-state index in [2.05, 4.69) is 36.0 Å². The molecule has 2 N–H and O–H groups in total. The Hall–Kier alpha value is -3.33. The van der Waals surface area contributed by atoms with Gasteiger partial charge in [0.25, 0.3) is 15.9 Å². The fourth-order valence-electron chi connectivity index (χ4n) is 2.86. The van der Waals surface area contributed by atoms with Crippen molar-refractivity contribution in [2.45, 2.75) is 51.0 Å². The Kier molecular flexibility index (Phi) is 6.59. The predicted molar refractivity (Wildman–Crippen MR) is 122 cm³/mol. The third-order valence-corrected chi connectivity index (χ3v) is 6.07. The van der Waals surface area contributed by atoms with E-state index in [4.69, 9.17) is 9.26 Å². The molecule has 9 heteroatoms. The Morgan fingerprint density at radius 1 is 1.06 bits per heavy atom. The van der Waals surface area contributed by atoms with Crippen molar-refractivity contribution in [3.05, 3.63) is 65.9 Å². The molecule has 1 aromatic heterocycles. The van der Waals surface area contributed by atoms with Crippen LogP contribution in [0.15, 0.2) is 64.0 Å². The van der Waals surface area contributed by atoms with Gasteiger partial charge in [-0.1, -0.05) is 38.1 Å². The van der Waals surface area contributed by atoms with Gasteiger partial charge in [-0.2, -0.15) is 0 Å². The van der Waals surface area contributed by atoms with Crippen LogP contribution in [0.25, 0.3) is 0 Å². The predicted octanol–water partition coefficient (Wildman–Crippen LogP) is 4.49. The minimum absolute atomic E-state index is 0.0272. The third-order valence-electron chi connectivity index (χ3n) is 4.70. The van der Waals surface area contributed by atoms with Crippen molar-refractivity contribution in [1.29, 1.82) is 0 Å². The van der Waals surface area contributed by atoms with E-state index < -0.39 is 16.1 Å². The average Bonchev–Trinajstić information content (AvgIpc) is 3.12. The second-order valence-electron chi connectivity index (χ2n) is 8.48. The van der Waals surface area contributed by atoms with E-state index in [9.17, 15) is 13.2 Å². The first kappa shape index (κ1) is 23.3. The van der Waals surface area contributed by atoms with Crippen molar-refractivity contribution < 1.29 is 22.5 Å². The number of carbonyl (C=O) groups excluding carboxylic acids is 1. The summed E-state index contributed by atoms with van der Waals surface area (Å²) in [7, 11) is -3.83.